The third-order valence-corrected chi connectivity index (χ3v) is 2.11. The number of halogens is 3. The van der Waals surface area contributed by atoms with Gasteiger partial charge in [-0.15, -0.1) is 0 Å². The number of ether oxygens (including phenoxy) is 1. The second kappa shape index (κ2) is 6.16. The van der Waals surface area contributed by atoms with Crippen LogP contribution in [-0.4, -0.2) is 58.6 Å². The molecular formula is C9H11F3N4O3. The molecule has 106 valence electrons. The first-order chi connectivity index (χ1) is 8.83. The fraction of sp³-hybridized carbons (Fsp3) is 0.556. The van der Waals surface area contributed by atoms with E-state index in [1.807, 2.05) is 0 Å². The lowest BCUT2D eigenvalue weighted by Crippen LogP contribution is -2.40. The van der Waals surface area contributed by atoms with Crippen LogP contribution in [0.25, 0.3) is 0 Å². The molecule has 1 rings (SSSR count). The highest BCUT2D eigenvalue weighted by molar-refractivity contribution is 5.92. The molecule has 0 saturated heterocycles. The summed E-state index contributed by atoms with van der Waals surface area (Å²) < 4.78 is 41.4. The first-order valence-corrected chi connectivity index (χ1v) is 5.12. The average Bonchev–Trinajstić information content (AvgIpc) is 2.85. The molecule has 0 saturated carbocycles. The molecule has 1 heterocycles. The smallest absolute Gasteiger partial charge is 0.406 e. The zero-order chi connectivity index (χ0) is 14.5. The third-order valence-electron chi connectivity index (χ3n) is 2.11. The van der Waals surface area contributed by atoms with Crippen LogP contribution in [0.1, 0.15) is 16.9 Å². The minimum absolute atomic E-state index is 0.255. The van der Waals surface area contributed by atoms with Crippen molar-refractivity contribution in [2.75, 3.05) is 20.2 Å². The number of aromatic amines is 1. The molecule has 10 heteroatoms. The fourth-order valence-corrected chi connectivity index (χ4v) is 1.26. The van der Waals surface area contributed by atoms with Crippen molar-refractivity contribution in [3.05, 3.63) is 11.9 Å². The molecule has 1 aromatic heterocycles. The van der Waals surface area contributed by atoms with E-state index in [2.05, 4.69) is 20.1 Å². The van der Waals surface area contributed by atoms with E-state index in [0.717, 1.165) is 13.3 Å². The van der Waals surface area contributed by atoms with Gasteiger partial charge in [0, 0.05) is 6.54 Å². The van der Waals surface area contributed by atoms with E-state index in [1.54, 1.807) is 0 Å². The highest BCUT2D eigenvalue weighted by Gasteiger charge is 2.34. The molecular weight excluding hydrogens is 269 g/mol. The van der Waals surface area contributed by atoms with Gasteiger partial charge in [-0.2, -0.15) is 28.6 Å². The molecule has 0 aliphatic carbocycles. The molecule has 1 amide bonds. The minimum atomic E-state index is -4.57. The molecule has 0 aliphatic heterocycles. The fourth-order valence-electron chi connectivity index (χ4n) is 1.26. The summed E-state index contributed by atoms with van der Waals surface area (Å²) in [4.78, 5) is 23.1. The highest BCUT2D eigenvalue weighted by Crippen LogP contribution is 2.17. The Morgan fingerprint density at radius 1 is 1.47 bits per heavy atom. The number of esters is 1. The lowest BCUT2D eigenvalue weighted by Gasteiger charge is -2.22. The number of carbonyl (C=O) groups is 2. The maximum Gasteiger partial charge on any atom is 0.406 e. The standard InChI is InChI=1S/C9H11F3N4O3/c1-19-7(17)2-3-16(5-9(10,11)12)8(18)6-4-13-15-14-6/h4H,2-3,5H2,1H3,(H,13,14,15). The van der Waals surface area contributed by atoms with Crippen molar-refractivity contribution in [1.29, 1.82) is 0 Å². The van der Waals surface area contributed by atoms with E-state index in [1.165, 1.54) is 0 Å². The summed E-state index contributed by atoms with van der Waals surface area (Å²) in [5, 5.41) is 8.86. The van der Waals surface area contributed by atoms with Gasteiger partial charge in [-0.05, 0) is 0 Å². The molecule has 0 bridgehead atoms. The third kappa shape index (κ3) is 4.94. The van der Waals surface area contributed by atoms with Crippen molar-refractivity contribution < 1.29 is 27.5 Å². The van der Waals surface area contributed by atoms with Crippen molar-refractivity contribution in [1.82, 2.24) is 20.3 Å². The Hall–Kier alpha value is -2.13. The van der Waals surface area contributed by atoms with Crippen LogP contribution < -0.4 is 0 Å². The molecule has 19 heavy (non-hydrogen) atoms. The average molecular weight is 280 g/mol. The summed E-state index contributed by atoms with van der Waals surface area (Å²) in [6.07, 6.45) is -3.91. The molecule has 0 unspecified atom stereocenters. The summed E-state index contributed by atoms with van der Waals surface area (Å²) in [6, 6.07) is 0. The van der Waals surface area contributed by atoms with Gasteiger partial charge in [0.25, 0.3) is 5.91 Å². The molecule has 0 aromatic carbocycles. The molecule has 0 aliphatic rings. The van der Waals surface area contributed by atoms with Gasteiger partial charge < -0.3 is 9.64 Å². The summed E-state index contributed by atoms with van der Waals surface area (Å²) in [5.41, 5.74) is -0.255. The van der Waals surface area contributed by atoms with Gasteiger partial charge in [0.1, 0.15) is 6.54 Å². The first-order valence-electron chi connectivity index (χ1n) is 5.12. The second-order valence-corrected chi connectivity index (χ2v) is 3.52. The molecule has 1 N–H and O–H groups in total. The molecule has 0 spiro atoms. The number of methoxy groups -OCH3 is 1. The second-order valence-electron chi connectivity index (χ2n) is 3.52. The van der Waals surface area contributed by atoms with Crippen LogP contribution in [-0.2, 0) is 9.53 Å². The van der Waals surface area contributed by atoms with Crippen molar-refractivity contribution in [2.45, 2.75) is 12.6 Å². The predicted octanol–water partition coefficient (Wildman–Crippen LogP) is 0.372. The van der Waals surface area contributed by atoms with Crippen molar-refractivity contribution >= 4 is 11.9 Å². The van der Waals surface area contributed by atoms with Crippen LogP contribution >= 0.6 is 0 Å². The Morgan fingerprint density at radius 2 is 2.16 bits per heavy atom. The monoisotopic (exact) mass is 280 g/mol. The number of nitrogens with one attached hydrogen (secondary N) is 1. The summed E-state index contributed by atoms with van der Waals surface area (Å²) in [7, 11) is 1.11. The van der Waals surface area contributed by atoms with Gasteiger partial charge in [-0.3, -0.25) is 9.59 Å². The highest BCUT2D eigenvalue weighted by atomic mass is 19.4. The Balaban J connectivity index is 2.74. The van der Waals surface area contributed by atoms with Crippen LogP contribution in [0, 0.1) is 0 Å². The van der Waals surface area contributed by atoms with Crippen LogP contribution in [0.2, 0.25) is 0 Å². The van der Waals surface area contributed by atoms with Gasteiger partial charge >= 0.3 is 12.1 Å². The Labute approximate surface area is 105 Å². The first kappa shape index (κ1) is 14.9. The van der Waals surface area contributed by atoms with E-state index in [-0.39, 0.29) is 12.1 Å². The van der Waals surface area contributed by atoms with Crippen LogP contribution in [0.3, 0.4) is 0 Å². The number of aromatic nitrogens is 3. The van der Waals surface area contributed by atoms with Crippen LogP contribution in [0.4, 0.5) is 13.2 Å². The van der Waals surface area contributed by atoms with Crippen molar-refractivity contribution in [2.24, 2.45) is 0 Å². The Morgan fingerprint density at radius 3 is 2.63 bits per heavy atom. The Bertz CT molecular complexity index is 432. The zero-order valence-electron chi connectivity index (χ0n) is 9.90. The van der Waals surface area contributed by atoms with Gasteiger partial charge in [-0.25, -0.2) is 0 Å². The topological polar surface area (TPSA) is 88.2 Å². The number of rotatable bonds is 5. The largest absolute Gasteiger partial charge is 0.469 e. The van der Waals surface area contributed by atoms with E-state index < -0.39 is 31.1 Å². The molecule has 1 aromatic rings. The number of alkyl halides is 3. The number of hydrogen-bond acceptors (Lipinski definition) is 5. The van der Waals surface area contributed by atoms with E-state index >= 15 is 0 Å². The maximum atomic E-state index is 12.4. The number of hydrogen-bond donors (Lipinski definition) is 1. The molecule has 0 radical (unpaired) electrons. The quantitative estimate of drug-likeness (QED) is 0.787. The summed E-state index contributed by atoms with van der Waals surface area (Å²) in [5.74, 6) is -1.67. The van der Waals surface area contributed by atoms with Crippen molar-refractivity contribution in [3.8, 4) is 0 Å². The SMILES string of the molecule is COC(=O)CCN(CC(F)(F)F)C(=O)c1cn[nH]n1. The van der Waals surface area contributed by atoms with Crippen LogP contribution in [0.5, 0.6) is 0 Å². The van der Waals surface area contributed by atoms with Gasteiger partial charge in [0.15, 0.2) is 5.69 Å². The maximum absolute atomic E-state index is 12.4. The van der Waals surface area contributed by atoms with E-state index in [0.29, 0.717) is 4.90 Å². The molecule has 7 nitrogen and oxygen atoms in total. The molecule has 0 fully saturated rings. The van der Waals surface area contributed by atoms with Crippen molar-refractivity contribution in [3.63, 3.8) is 0 Å². The van der Waals surface area contributed by atoms with Crippen LogP contribution in [0.15, 0.2) is 6.20 Å². The summed E-state index contributed by atoms with van der Waals surface area (Å²) >= 11 is 0. The lowest BCUT2D eigenvalue weighted by atomic mass is 10.3. The van der Waals surface area contributed by atoms with Gasteiger partial charge in [-0.1, -0.05) is 0 Å². The number of carbonyl (C=O) groups excluding carboxylic acids is 2. The van der Waals surface area contributed by atoms with E-state index in [9.17, 15) is 22.8 Å². The number of amides is 1. The number of H-pyrrole nitrogens is 1. The summed E-state index contributed by atoms with van der Waals surface area (Å²) in [6.45, 7) is -1.90. The van der Waals surface area contributed by atoms with E-state index in [4.69, 9.17) is 0 Å². The van der Waals surface area contributed by atoms with Gasteiger partial charge in [0.05, 0.1) is 19.7 Å². The zero-order valence-corrected chi connectivity index (χ0v) is 9.90. The molecule has 0 atom stereocenters. The Kier molecular flexibility index (Phi) is 4.84. The number of nitrogens with zero attached hydrogens (tertiary/aromatic N) is 3. The lowest BCUT2D eigenvalue weighted by molar-refractivity contribution is -0.147. The van der Waals surface area contributed by atoms with Gasteiger partial charge in [0.2, 0.25) is 0 Å². The predicted molar refractivity (Wildman–Crippen MR) is 55.0 cm³/mol. The minimum Gasteiger partial charge on any atom is -0.469 e. The normalized spacial score (nSPS) is 11.2.